The molecule has 0 saturated carbocycles. The van der Waals surface area contributed by atoms with Crippen LogP contribution in [0.25, 0.3) is 0 Å². The molecule has 3 heterocycles. The molecule has 0 aromatic rings. The van der Waals surface area contributed by atoms with Gasteiger partial charge in [0.2, 0.25) is 20.0 Å². The van der Waals surface area contributed by atoms with Gasteiger partial charge in [0.15, 0.2) is 0 Å². The van der Waals surface area contributed by atoms with Crippen LogP contribution in [0.3, 0.4) is 0 Å². The van der Waals surface area contributed by atoms with Crippen molar-refractivity contribution in [1.29, 1.82) is 0 Å². The minimum absolute atomic E-state index is 0.0460. The lowest BCUT2D eigenvalue weighted by Gasteiger charge is -2.32. The molecule has 0 aliphatic carbocycles. The van der Waals surface area contributed by atoms with Crippen LogP contribution in [-0.2, 0) is 34.3 Å². The van der Waals surface area contributed by atoms with Crippen LogP contribution < -0.4 is 9.44 Å². The van der Waals surface area contributed by atoms with Crippen molar-refractivity contribution in [2.45, 2.75) is 70.4 Å². The molecule has 0 amide bonds. The number of ether oxygens (including phenoxy) is 3. The molecule has 3 aliphatic heterocycles. The van der Waals surface area contributed by atoms with Gasteiger partial charge in [-0.1, -0.05) is 13.8 Å². The van der Waals surface area contributed by atoms with Gasteiger partial charge in [-0.05, 0) is 26.7 Å². The summed E-state index contributed by atoms with van der Waals surface area (Å²) in [5.74, 6) is 0.0921. The smallest absolute Gasteiger partial charge is 0.211 e. The average Bonchev–Trinajstić information content (AvgIpc) is 3.20. The maximum absolute atomic E-state index is 12.1. The summed E-state index contributed by atoms with van der Waals surface area (Å²) in [6.45, 7) is 7.66. The molecule has 0 aromatic heterocycles. The first-order valence-electron chi connectivity index (χ1n) is 9.64. The second kappa shape index (κ2) is 7.73. The average molecular weight is 442 g/mol. The lowest BCUT2D eigenvalue weighted by Crippen LogP contribution is -2.51. The molecule has 2 N–H and O–H groups in total. The first-order valence-corrected chi connectivity index (χ1v) is 12.9. The number of hydrogen-bond donors (Lipinski definition) is 2. The Morgan fingerprint density at radius 2 is 1.39 bits per heavy atom. The molecule has 28 heavy (non-hydrogen) atoms. The number of nitrogens with zero attached hydrogens (tertiary/aromatic N) is 1. The van der Waals surface area contributed by atoms with Crippen LogP contribution in [0.15, 0.2) is 0 Å². The fraction of sp³-hybridized carbons (Fsp3) is 1.00. The van der Waals surface area contributed by atoms with E-state index in [9.17, 15) is 16.8 Å². The van der Waals surface area contributed by atoms with Crippen molar-refractivity contribution in [3.05, 3.63) is 0 Å². The Balaban J connectivity index is 1.73. The minimum Gasteiger partial charge on any atom is -0.356 e. The highest BCUT2D eigenvalue weighted by Gasteiger charge is 2.67. The van der Waals surface area contributed by atoms with Gasteiger partial charge in [0.1, 0.15) is 29.9 Å². The Hall–Kier alpha value is -0.340. The van der Waals surface area contributed by atoms with Crippen LogP contribution >= 0.6 is 0 Å². The summed E-state index contributed by atoms with van der Waals surface area (Å²) >= 11 is 0. The van der Waals surface area contributed by atoms with E-state index in [2.05, 4.69) is 9.44 Å². The molecule has 3 aliphatic rings. The van der Waals surface area contributed by atoms with E-state index in [1.807, 2.05) is 4.90 Å². The highest BCUT2D eigenvalue weighted by Crippen LogP contribution is 2.48. The van der Waals surface area contributed by atoms with Crippen LogP contribution in [0.2, 0.25) is 0 Å². The third kappa shape index (κ3) is 4.24. The summed E-state index contributed by atoms with van der Waals surface area (Å²) < 4.78 is 71.6. The van der Waals surface area contributed by atoms with Gasteiger partial charge >= 0.3 is 0 Å². The molecule has 5 atom stereocenters. The topological polar surface area (TPSA) is 123 Å². The normalized spacial score (nSPS) is 38.2. The van der Waals surface area contributed by atoms with Crippen molar-refractivity contribution in [3.8, 4) is 0 Å². The third-order valence-electron chi connectivity index (χ3n) is 5.33. The van der Waals surface area contributed by atoms with Crippen molar-refractivity contribution >= 4 is 20.0 Å². The van der Waals surface area contributed by atoms with Gasteiger partial charge in [-0.15, -0.1) is 0 Å². The van der Waals surface area contributed by atoms with E-state index in [4.69, 9.17) is 14.2 Å². The number of nitrogens with one attached hydrogen (secondary N) is 2. The quantitative estimate of drug-likeness (QED) is 0.467. The summed E-state index contributed by atoms with van der Waals surface area (Å²) in [7, 11) is -6.78. The van der Waals surface area contributed by atoms with Gasteiger partial charge < -0.3 is 14.2 Å². The van der Waals surface area contributed by atoms with Crippen LogP contribution in [0.4, 0.5) is 0 Å². The van der Waals surface area contributed by atoms with Gasteiger partial charge in [-0.2, -0.15) is 0 Å². The molecule has 0 unspecified atom stereocenters. The van der Waals surface area contributed by atoms with Gasteiger partial charge in [0.05, 0.1) is 18.1 Å². The van der Waals surface area contributed by atoms with Crippen LogP contribution in [0.1, 0.15) is 40.5 Å². The van der Waals surface area contributed by atoms with Gasteiger partial charge in [0.25, 0.3) is 0 Å². The highest BCUT2D eigenvalue weighted by molar-refractivity contribution is 7.89. The Morgan fingerprint density at radius 3 is 1.89 bits per heavy atom. The second-order valence-corrected chi connectivity index (χ2v) is 11.9. The van der Waals surface area contributed by atoms with E-state index in [-0.39, 0.29) is 30.8 Å². The first-order chi connectivity index (χ1) is 13.0. The molecule has 12 heteroatoms. The summed E-state index contributed by atoms with van der Waals surface area (Å²) in [5.41, 5.74) is -1.82. The molecule has 3 fully saturated rings. The Morgan fingerprint density at radius 1 is 0.893 bits per heavy atom. The van der Waals surface area contributed by atoms with Gasteiger partial charge in [-0.3, -0.25) is 0 Å². The van der Waals surface area contributed by atoms with E-state index >= 15 is 0 Å². The van der Waals surface area contributed by atoms with Crippen molar-refractivity contribution in [2.24, 2.45) is 0 Å². The minimum atomic E-state index is -3.39. The van der Waals surface area contributed by atoms with Crippen LogP contribution in [0.5, 0.6) is 0 Å². The summed E-state index contributed by atoms with van der Waals surface area (Å²) in [4.78, 5) is 1.93. The fourth-order valence-electron chi connectivity index (χ4n) is 3.99. The predicted molar refractivity (Wildman–Crippen MR) is 102 cm³/mol. The molecule has 10 nitrogen and oxygen atoms in total. The van der Waals surface area contributed by atoms with Crippen molar-refractivity contribution in [3.63, 3.8) is 0 Å². The van der Waals surface area contributed by atoms with Crippen molar-refractivity contribution < 1.29 is 31.0 Å². The van der Waals surface area contributed by atoms with Crippen LogP contribution in [0, 0.1) is 0 Å². The second-order valence-electron chi connectivity index (χ2n) is 8.08. The fourth-order valence-corrected chi connectivity index (χ4v) is 6.36. The van der Waals surface area contributed by atoms with E-state index in [0.717, 1.165) is 0 Å². The zero-order valence-corrected chi connectivity index (χ0v) is 18.4. The largest absolute Gasteiger partial charge is 0.356 e. The van der Waals surface area contributed by atoms with E-state index in [1.54, 1.807) is 27.7 Å². The van der Waals surface area contributed by atoms with Gasteiger partial charge in [0, 0.05) is 13.1 Å². The summed E-state index contributed by atoms with van der Waals surface area (Å²) in [6, 6.07) is 0. The highest BCUT2D eigenvalue weighted by atomic mass is 32.2. The standard InChI is InChI=1S/C16H31N3O7S2/c1-5-7-27(20,21)17-10-15(3)13-19-12(9-24-13)25-16(4,14(19)26-15)11-18-28(22,23)8-6-2/h12-14,17-18H,5-11H2,1-4H3/t12-,13-,14-,15-,16-/m1/s1. The van der Waals surface area contributed by atoms with Crippen LogP contribution in [-0.4, -0.2) is 82.8 Å². The number of rotatable bonds is 10. The first kappa shape index (κ1) is 22.3. The zero-order valence-electron chi connectivity index (χ0n) is 16.8. The molecule has 3 saturated heterocycles. The monoisotopic (exact) mass is 441 g/mol. The molecule has 0 spiro atoms. The molecule has 0 aromatic carbocycles. The molecular formula is C16H31N3O7S2. The number of hydrogen-bond acceptors (Lipinski definition) is 8. The lowest BCUT2D eigenvalue weighted by molar-refractivity contribution is -0.125. The van der Waals surface area contributed by atoms with E-state index in [0.29, 0.717) is 19.4 Å². The van der Waals surface area contributed by atoms with Gasteiger partial charge in [-0.25, -0.2) is 31.2 Å². The molecule has 164 valence electrons. The third-order valence-corrected chi connectivity index (χ3v) is 8.39. The molecule has 0 bridgehead atoms. The SMILES string of the molecule is CCCS(=O)(=O)NC[C@@]1(C)O[C@@H]2CO[C@H]3N2[C@@H]1O[C@]3(C)CNS(=O)(=O)CCC. The molecular weight excluding hydrogens is 410 g/mol. The molecule has 0 radical (unpaired) electrons. The maximum Gasteiger partial charge on any atom is 0.211 e. The van der Waals surface area contributed by atoms with Crippen molar-refractivity contribution in [1.82, 2.24) is 14.3 Å². The Kier molecular flexibility index (Phi) is 6.17. The molecule has 3 rings (SSSR count). The van der Waals surface area contributed by atoms with E-state index in [1.165, 1.54) is 0 Å². The summed E-state index contributed by atoms with van der Waals surface area (Å²) in [6.07, 6.45) is -0.332. The van der Waals surface area contributed by atoms with E-state index < -0.39 is 43.7 Å². The Bertz CT molecular complexity index is 750. The van der Waals surface area contributed by atoms with Crippen molar-refractivity contribution in [2.75, 3.05) is 31.2 Å². The lowest BCUT2D eigenvalue weighted by atomic mass is 10.1. The predicted octanol–water partition coefficient (Wildman–Crippen LogP) is -0.466. The Labute approximate surface area is 167 Å². The number of sulfonamides is 2. The maximum atomic E-state index is 12.1. The zero-order chi connectivity index (χ0) is 20.8. The summed E-state index contributed by atoms with van der Waals surface area (Å²) in [5, 5.41) is 0.